The molecule has 1 fully saturated rings. The Morgan fingerprint density at radius 2 is 1.96 bits per heavy atom. The summed E-state index contributed by atoms with van der Waals surface area (Å²) in [4.78, 5) is 5.38. The Hall–Kier alpha value is -2.16. The Morgan fingerprint density at radius 3 is 2.59 bits per heavy atom. The average Bonchev–Trinajstić information content (AvgIpc) is 2.69. The molecule has 1 aromatic carbocycles. The number of H-pyrrole nitrogens is 1. The van der Waals surface area contributed by atoms with Crippen molar-refractivity contribution < 1.29 is 22.9 Å². The number of nitrogens with one attached hydrogen (secondary N) is 1. The SMILES string of the molecule is COc1ccc(C)cc1CN(C)c1ccc(S(=O)(=O)N2CCOCC2)c[nH+]1. The van der Waals surface area contributed by atoms with Gasteiger partial charge in [0.25, 0.3) is 5.82 Å². The topological polar surface area (TPSA) is 73.2 Å². The number of hydrogen-bond donors (Lipinski definition) is 0. The third-order valence-corrected chi connectivity index (χ3v) is 6.52. The highest BCUT2D eigenvalue weighted by Gasteiger charge is 2.27. The molecule has 0 saturated carbocycles. The monoisotopic (exact) mass is 392 g/mol. The molecule has 0 aliphatic carbocycles. The van der Waals surface area contributed by atoms with Crippen molar-refractivity contribution in [2.75, 3.05) is 45.4 Å². The first-order chi connectivity index (χ1) is 12.9. The molecular weight excluding hydrogens is 366 g/mol. The largest absolute Gasteiger partial charge is 0.496 e. The van der Waals surface area contributed by atoms with E-state index in [-0.39, 0.29) is 4.90 Å². The second-order valence-corrected chi connectivity index (χ2v) is 8.54. The van der Waals surface area contributed by atoms with Crippen LogP contribution in [0.2, 0.25) is 0 Å². The molecule has 0 atom stereocenters. The number of anilines is 1. The molecule has 146 valence electrons. The van der Waals surface area contributed by atoms with E-state index in [0.29, 0.717) is 32.8 Å². The molecule has 27 heavy (non-hydrogen) atoms. The van der Waals surface area contributed by atoms with E-state index in [9.17, 15) is 8.42 Å². The van der Waals surface area contributed by atoms with Crippen LogP contribution in [-0.2, 0) is 21.3 Å². The molecule has 7 nitrogen and oxygen atoms in total. The molecule has 1 saturated heterocycles. The molecule has 3 rings (SSSR count). The Kier molecular flexibility index (Phi) is 5.98. The second-order valence-electron chi connectivity index (χ2n) is 6.60. The summed E-state index contributed by atoms with van der Waals surface area (Å²) >= 11 is 0. The summed E-state index contributed by atoms with van der Waals surface area (Å²) in [6.45, 7) is 4.32. The van der Waals surface area contributed by atoms with Gasteiger partial charge in [0.1, 0.15) is 23.4 Å². The van der Waals surface area contributed by atoms with Crippen LogP contribution in [-0.4, -0.2) is 53.2 Å². The Balaban J connectivity index is 1.76. The summed E-state index contributed by atoms with van der Waals surface area (Å²) in [5, 5.41) is 0. The third-order valence-electron chi connectivity index (χ3n) is 4.63. The van der Waals surface area contributed by atoms with Gasteiger partial charge in [0.2, 0.25) is 10.0 Å². The van der Waals surface area contributed by atoms with E-state index in [1.165, 1.54) is 4.31 Å². The number of aromatic amines is 1. The van der Waals surface area contributed by atoms with Crippen LogP contribution in [0, 0.1) is 6.92 Å². The van der Waals surface area contributed by atoms with E-state index in [1.54, 1.807) is 25.4 Å². The minimum atomic E-state index is -3.50. The van der Waals surface area contributed by atoms with Gasteiger partial charge in [0.05, 0.1) is 27.4 Å². The fraction of sp³-hybridized carbons (Fsp3) is 0.421. The van der Waals surface area contributed by atoms with Crippen LogP contribution in [0.25, 0.3) is 0 Å². The predicted molar refractivity (Wildman–Crippen MR) is 102 cm³/mol. The van der Waals surface area contributed by atoms with Crippen molar-refractivity contribution in [3.05, 3.63) is 47.7 Å². The van der Waals surface area contributed by atoms with Crippen molar-refractivity contribution in [1.29, 1.82) is 0 Å². The second kappa shape index (κ2) is 8.24. The summed E-state index contributed by atoms with van der Waals surface area (Å²) in [7, 11) is 0.110. The van der Waals surface area contributed by atoms with Crippen molar-refractivity contribution in [3.8, 4) is 5.75 Å². The average molecular weight is 393 g/mol. The van der Waals surface area contributed by atoms with Gasteiger partial charge in [-0.1, -0.05) is 11.6 Å². The van der Waals surface area contributed by atoms with Gasteiger partial charge in [0, 0.05) is 24.7 Å². The maximum Gasteiger partial charge on any atom is 0.274 e. The van der Waals surface area contributed by atoms with Crippen LogP contribution in [0.5, 0.6) is 5.75 Å². The van der Waals surface area contributed by atoms with Crippen LogP contribution in [0.4, 0.5) is 5.82 Å². The van der Waals surface area contributed by atoms with E-state index < -0.39 is 10.0 Å². The number of aryl methyl sites for hydroxylation is 1. The third kappa shape index (κ3) is 4.40. The van der Waals surface area contributed by atoms with Gasteiger partial charge in [-0.2, -0.15) is 4.31 Å². The van der Waals surface area contributed by atoms with Gasteiger partial charge >= 0.3 is 0 Å². The van der Waals surface area contributed by atoms with Crippen LogP contribution in [0.1, 0.15) is 11.1 Å². The summed E-state index contributed by atoms with van der Waals surface area (Å²) in [6.07, 6.45) is 1.55. The van der Waals surface area contributed by atoms with Gasteiger partial charge in [0.15, 0.2) is 0 Å². The minimum absolute atomic E-state index is 0.259. The van der Waals surface area contributed by atoms with Crippen LogP contribution in [0.3, 0.4) is 0 Å². The highest BCUT2D eigenvalue weighted by molar-refractivity contribution is 7.89. The van der Waals surface area contributed by atoms with Gasteiger partial charge in [-0.25, -0.2) is 13.4 Å². The number of nitrogens with zero attached hydrogens (tertiary/aromatic N) is 2. The number of methoxy groups -OCH3 is 1. The van der Waals surface area contributed by atoms with Gasteiger partial charge in [-0.15, -0.1) is 0 Å². The summed E-state index contributed by atoms with van der Waals surface area (Å²) in [6, 6.07) is 9.49. The maximum absolute atomic E-state index is 12.7. The highest BCUT2D eigenvalue weighted by Crippen LogP contribution is 2.23. The molecule has 0 amide bonds. The summed E-state index contributed by atoms with van der Waals surface area (Å²) < 4.78 is 37.5. The van der Waals surface area contributed by atoms with Crippen molar-refractivity contribution >= 4 is 15.8 Å². The molecule has 1 aromatic heterocycles. The first kappa shape index (κ1) is 19.6. The molecule has 2 aromatic rings. The fourth-order valence-electron chi connectivity index (χ4n) is 3.11. The number of benzene rings is 1. The van der Waals surface area contributed by atoms with Gasteiger partial charge < -0.3 is 9.47 Å². The van der Waals surface area contributed by atoms with Crippen molar-refractivity contribution in [3.63, 3.8) is 0 Å². The fourth-order valence-corrected chi connectivity index (χ4v) is 4.48. The number of sulfonamides is 1. The maximum atomic E-state index is 12.7. The molecule has 2 heterocycles. The zero-order valence-electron chi connectivity index (χ0n) is 15.9. The standard InChI is InChI=1S/C19H25N3O4S/c1-15-4-6-18(25-3)16(12-15)14-21(2)19-7-5-17(13-20-19)27(23,24)22-8-10-26-11-9-22/h4-7,12-13H,8-11,14H2,1-3H3/p+1. The normalized spacial score (nSPS) is 15.5. The lowest BCUT2D eigenvalue weighted by molar-refractivity contribution is -0.367. The quantitative estimate of drug-likeness (QED) is 0.744. The van der Waals surface area contributed by atoms with Crippen LogP contribution in [0.15, 0.2) is 41.4 Å². The molecule has 0 bridgehead atoms. The minimum Gasteiger partial charge on any atom is -0.496 e. The predicted octanol–water partition coefficient (Wildman–Crippen LogP) is 1.48. The first-order valence-corrected chi connectivity index (χ1v) is 10.3. The molecule has 0 unspecified atom stereocenters. The summed E-state index contributed by atoms with van der Waals surface area (Å²) in [5.74, 6) is 1.65. The smallest absolute Gasteiger partial charge is 0.274 e. The number of ether oxygens (including phenoxy) is 2. The zero-order valence-corrected chi connectivity index (χ0v) is 16.8. The molecule has 0 radical (unpaired) electrons. The molecule has 8 heteroatoms. The van der Waals surface area contributed by atoms with Crippen molar-refractivity contribution in [2.45, 2.75) is 18.4 Å². The molecule has 1 aliphatic heterocycles. The number of hydrogen-bond acceptors (Lipinski definition) is 5. The van der Waals surface area contributed by atoms with E-state index >= 15 is 0 Å². The van der Waals surface area contributed by atoms with Crippen LogP contribution < -0.4 is 14.6 Å². The van der Waals surface area contributed by atoms with Crippen molar-refractivity contribution in [2.24, 2.45) is 0 Å². The first-order valence-electron chi connectivity index (χ1n) is 8.86. The van der Waals surface area contributed by atoms with E-state index in [4.69, 9.17) is 9.47 Å². The van der Waals surface area contributed by atoms with Crippen LogP contribution >= 0.6 is 0 Å². The lowest BCUT2D eigenvalue weighted by Crippen LogP contribution is -2.41. The number of morpholine rings is 1. The Labute approximate surface area is 160 Å². The zero-order chi connectivity index (χ0) is 19.4. The molecule has 0 spiro atoms. The number of rotatable bonds is 6. The highest BCUT2D eigenvalue weighted by atomic mass is 32.2. The molecule has 1 aliphatic rings. The summed E-state index contributed by atoms with van der Waals surface area (Å²) in [5.41, 5.74) is 2.23. The van der Waals surface area contributed by atoms with E-state index in [1.807, 2.05) is 31.0 Å². The van der Waals surface area contributed by atoms with E-state index in [0.717, 1.165) is 22.7 Å². The molecular formula is C19H26N3O4S+. The Morgan fingerprint density at radius 1 is 1.22 bits per heavy atom. The van der Waals surface area contributed by atoms with Crippen molar-refractivity contribution in [1.82, 2.24) is 4.31 Å². The van der Waals surface area contributed by atoms with Gasteiger partial charge in [-0.3, -0.25) is 4.90 Å². The number of pyridine rings is 1. The van der Waals surface area contributed by atoms with E-state index in [2.05, 4.69) is 11.1 Å². The lowest BCUT2D eigenvalue weighted by atomic mass is 10.1. The lowest BCUT2D eigenvalue weighted by Gasteiger charge is -2.25. The molecule has 1 N–H and O–H groups in total. The Bertz CT molecular complexity index is 878. The van der Waals surface area contributed by atoms with Gasteiger partial charge in [-0.05, 0) is 25.1 Å². The number of aromatic nitrogens is 1.